The van der Waals surface area contributed by atoms with Crippen LogP contribution in [-0.4, -0.2) is 47.6 Å². The molecule has 2 N–H and O–H groups in total. The topological polar surface area (TPSA) is 119 Å². The summed E-state index contributed by atoms with van der Waals surface area (Å²) in [6, 6.07) is 7.77. The first-order valence-electron chi connectivity index (χ1n) is 20.5. The quantitative estimate of drug-likeness (QED) is 0.214. The molecule has 0 bridgehead atoms. The Balaban J connectivity index is 1.28. The molecule has 5 aliphatic carbocycles. The molecule has 0 unspecified atom stereocenters. The molecule has 0 amide bonds. The summed E-state index contributed by atoms with van der Waals surface area (Å²) < 4.78 is 12.3. The molecule has 4 fully saturated rings. The Morgan fingerprint density at radius 1 is 1.02 bits per heavy atom. The molecule has 5 aliphatic rings. The number of ether oxygens (including phenoxy) is 2. The number of hydrogen-bond acceptors (Lipinski definition) is 7. The Labute approximate surface area is 327 Å². The van der Waals surface area contributed by atoms with Crippen LogP contribution in [0.4, 0.5) is 0 Å². The summed E-state index contributed by atoms with van der Waals surface area (Å²) in [6.07, 6.45) is 7.29. The van der Waals surface area contributed by atoms with Gasteiger partial charge in [-0.3, -0.25) is 19.2 Å². The predicted molar refractivity (Wildman–Crippen MR) is 209 cm³/mol. The number of carbonyl (C=O) groups is 4. The fraction of sp³-hybridized carbons (Fsp3) is 0.733. The van der Waals surface area contributed by atoms with Gasteiger partial charge in [-0.25, -0.2) is 0 Å². The molecule has 0 aromatic heterocycles. The minimum atomic E-state index is -1.16. The van der Waals surface area contributed by atoms with Gasteiger partial charge in [-0.1, -0.05) is 65.3 Å². The van der Waals surface area contributed by atoms with Gasteiger partial charge in [-0.2, -0.15) is 0 Å². The van der Waals surface area contributed by atoms with Gasteiger partial charge in [0.05, 0.1) is 11.8 Å². The van der Waals surface area contributed by atoms with E-state index < -0.39 is 28.9 Å². The Kier molecular flexibility index (Phi) is 11.1. The normalized spacial score (nSPS) is 36.8. The first kappa shape index (κ1) is 40.9. The van der Waals surface area contributed by atoms with Crippen molar-refractivity contribution in [1.82, 2.24) is 5.32 Å². The van der Waals surface area contributed by atoms with Gasteiger partial charge in [0.25, 0.3) is 0 Å². The van der Waals surface area contributed by atoms with Crippen molar-refractivity contribution in [3.05, 3.63) is 46.0 Å². The second kappa shape index (κ2) is 14.7. The summed E-state index contributed by atoms with van der Waals surface area (Å²) in [5.74, 6) is -0.169. The highest BCUT2D eigenvalue weighted by Gasteiger charge is 2.70. The van der Waals surface area contributed by atoms with Gasteiger partial charge in [0.1, 0.15) is 12.2 Å². The Morgan fingerprint density at radius 3 is 2.39 bits per heavy atom. The SMILES string of the molecule is CC(=O)O[C@@H](CNCc1cccc(Cl)c1)[C@@]12CC[C@]3(C)[C@H](CC[C@@H]4[C@@]5(C)CC[C@H](OC(=O)CC(C)(C)C(=O)O)[C@H](C)[C@@H]5CC[C@]43C)C1=C(C(C)C)C(=O)C2. The van der Waals surface area contributed by atoms with Gasteiger partial charge in [0.2, 0.25) is 0 Å². The van der Waals surface area contributed by atoms with E-state index in [2.05, 4.69) is 46.9 Å². The van der Waals surface area contributed by atoms with Gasteiger partial charge >= 0.3 is 17.9 Å². The van der Waals surface area contributed by atoms with Crippen molar-refractivity contribution in [2.24, 2.45) is 56.7 Å². The summed E-state index contributed by atoms with van der Waals surface area (Å²) in [7, 11) is 0. The van der Waals surface area contributed by atoms with E-state index in [4.69, 9.17) is 21.1 Å². The number of esters is 2. The lowest BCUT2D eigenvalue weighted by atomic mass is 9.33. The standard InChI is InChI=1S/C45H64ClNO7/c1-26(2)38-33(49)22-45(36(53-28(4)48)25-47-24-29-11-10-12-30(46)21-29)20-19-43(8)32(39(38)45)13-14-35-42(7)17-16-34(27(3)31(42)15-18-44(35,43)9)54-37(50)23-41(5,6)40(51)52/h10-12,21,26-27,31-32,34-36,47H,13-20,22-25H2,1-9H3,(H,51,52)/t27-,31+,32-,34+,35-,36+,42+,43-,44-,45+/m1/s1. The summed E-state index contributed by atoms with van der Waals surface area (Å²) in [5, 5.41) is 13.8. The van der Waals surface area contributed by atoms with E-state index in [0.717, 1.165) is 62.5 Å². The number of carboxylic acids is 1. The molecule has 6 rings (SSSR count). The van der Waals surface area contributed by atoms with E-state index in [1.54, 1.807) is 13.8 Å². The molecule has 0 aliphatic heterocycles. The third kappa shape index (κ3) is 6.77. The van der Waals surface area contributed by atoms with Crippen LogP contribution in [-0.2, 0) is 35.2 Å². The van der Waals surface area contributed by atoms with Crippen molar-refractivity contribution in [3.8, 4) is 0 Å². The second-order valence-corrected chi connectivity index (χ2v) is 20.0. The zero-order chi connectivity index (χ0) is 39.6. The zero-order valence-electron chi connectivity index (χ0n) is 34.1. The van der Waals surface area contributed by atoms with Gasteiger partial charge in [-0.15, -0.1) is 0 Å². The number of rotatable bonds is 11. The molecular formula is C45H64ClNO7. The van der Waals surface area contributed by atoms with E-state index in [1.165, 1.54) is 12.5 Å². The van der Waals surface area contributed by atoms with Crippen LogP contribution < -0.4 is 5.32 Å². The van der Waals surface area contributed by atoms with Crippen LogP contribution in [0.3, 0.4) is 0 Å². The molecule has 54 heavy (non-hydrogen) atoms. The van der Waals surface area contributed by atoms with Gasteiger partial charge in [0.15, 0.2) is 5.78 Å². The molecule has 0 radical (unpaired) electrons. The fourth-order valence-corrected chi connectivity index (χ4v) is 13.2. The van der Waals surface area contributed by atoms with Crippen molar-refractivity contribution >= 4 is 35.3 Å². The van der Waals surface area contributed by atoms with Crippen LogP contribution in [0.15, 0.2) is 35.4 Å². The van der Waals surface area contributed by atoms with E-state index in [1.807, 2.05) is 24.3 Å². The molecule has 298 valence electrons. The lowest BCUT2D eigenvalue weighted by molar-refractivity contribution is -0.218. The molecule has 0 spiro atoms. The highest BCUT2D eigenvalue weighted by Crippen LogP contribution is 2.76. The number of nitrogens with one attached hydrogen (secondary N) is 1. The number of Topliss-reactive ketones (excluding diaryl/α,β-unsaturated/α-hetero) is 1. The third-order valence-corrected chi connectivity index (χ3v) is 16.2. The van der Waals surface area contributed by atoms with Crippen molar-refractivity contribution in [2.75, 3.05) is 6.54 Å². The van der Waals surface area contributed by atoms with Crippen LogP contribution in [0.2, 0.25) is 5.02 Å². The van der Waals surface area contributed by atoms with Gasteiger partial charge < -0.3 is 19.9 Å². The predicted octanol–water partition coefficient (Wildman–Crippen LogP) is 9.36. The Hall–Kier alpha value is -2.71. The summed E-state index contributed by atoms with van der Waals surface area (Å²) in [5.41, 5.74) is 1.67. The minimum absolute atomic E-state index is 0.0323. The summed E-state index contributed by atoms with van der Waals surface area (Å²) in [4.78, 5) is 51.7. The number of carbonyl (C=O) groups excluding carboxylic acids is 3. The van der Waals surface area contributed by atoms with Crippen molar-refractivity contribution < 1.29 is 33.8 Å². The largest absolute Gasteiger partial charge is 0.481 e. The molecule has 4 saturated carbocycles. The first-order valence-corrected chi connectivity index (χ1v) is 20.9. The summed E-state index contributed by atoms with van der Waals surface area (Å²) >= 11 is 6.28. The number of aliphatic carboxylic acids is 1. The highest BCUT2D eigenvalue weighted by atomic mass is 35.5. The maximum atomic E-state index is 14.2. The number of carboxylic acid groups (broad SMARTS) is 1. The average molecular weight is 766 g/mol. The molecule has 1 aromatic carbocycles. The molecule has 0 heterocycles. The summed E-state index contributed by atoms with van der Waals surface area (Å²) in [6.45, 7) is 19.8. The lowest BCUT2D eigenvalue weighted by Crippen LogP contribution is -2.65. The molecule has 8 nitrogen and oxygen atoms in total. The van der Waals surface area contributed by atoms with Gasteiger partial charge in [0, 0.05) is 36.9 Å². The zero-order valence-corrected chi connectivity index (χ0v) is 34.9. The van der Waals surface area contributed by atoms with Crippen molar-refractivity contribution in [1.29, 1.82) is 0 Å². The van der Waals surface area contributed by atoms with Gasteiger partial charge in [-0.05, 0) is 140 Å². The second-order valence-electron chi connectivity index (χ2n) is 19.6. The fourth-order valence-electron chi connectivity index (χ4n) is 13.0. The van der Waals surface area contributed by atoms with Crippen LogP contribution in [0, 0.1) is 56.7 Å². The monoisotopic (exact) mass is 765 g/mol. The molecule has 9 heteroatoms. The molecule has 0 saturated heterocycles. The number of benzene rings is 1. The van der Waals surface area contributed by atoms with E-state index in [0.29, 0.717) is 36.4 Å². The average Bonchev–Trinajstić information content (AvgIpc) is 3.38. The van der Waals surface area contributed by atoms with E-state index in [9.17, 15) is 24.3 Å². The number of allylic oxidation sites excluding steroid dienone is 1. The van der Waals surface area contributed by atoms with Crippen LogP contribution in [0.1, 0.15) is 132 Å². The maximum Gasteiger partial charge on any atom is 0.309 e. The van der Waals surface area contributed by atoms with Crippen LogP contribution in [0.5, 0.6) is 0 Å². The number of hydrogen-bond donors (Lipinski definition) is 2. The highest BCUT2D eigenvalue weighted by molar-refractivity contribution is 6.30. The third-order valence-electron chi connectivity index (χ3n) is 15.9. The van der Waals surface area contributed by atoms with E-state index in [-0.39, 0.29) is 58.3 Å². The van der Waals surface area contributed by atoms with Crippen LogP contribution >= 0.6 is 11.6 Å². The Bertz CT molecular complexity index is 1700. The smallest absolute Gasteiger partial charge is 0.309 e. The number of fused-ring (bicyclic) bond motifs is 7. The van der Waals surface area contributed by atoms with Crippen LogP contribution in [0.25, 0.3) is 0 Å². The minimum Gasteiger partial charge on any atom is -0.481 e. The number of halogens is 1. The molecule has 1 aromatic rings. The molecule has 10 atom stereocenters. The molecular weight excluding hydrogens is 702 g/mol. The van der Waals surface area contributed by atoms with E-state index >= 15 is 0 Å². The van der Waals surface area contributed by atoms with Crippen molar-refractivity contribution in [3.63, 3.8) is 0 Å². The lowest BCUT2D eigenvalue weighted by Gasteiger charge is -2.71. The number of ketones is 1. The maximum absolute atomic E-state index is 14.2. The Morgan fingerprint density at radius 2 is 1.74 bits per heavy atom. The van der Waals surface area contributed by atoms with Crippen molar-refractivity contribution in [2.45, 2.75) is 145 Å². The first-order chi connectivity index (χ1) is 25.2.